The van der Waals surface area contributed by atoms with Gasteiger partial charge in [-0.05, 0) is 34.5 Å². The molecule has 0 aromatic heterocycles. The van der Waals surface area contributed by atoms with Crippen LogP contribution in [0.1, 0.15) is 11.1 Å². The summed E-state index contributed by atoms with van der Waals surface area (Å²) in [6.07, 6.45) is 2.23. The predicted molar refractivity (Wildman–Crippen MR) is 54.4 cm³/mol. The van der Waals surface area contributed by atoms with Crippen molar-refractivity contribution >= 4 is 15.9 Å². The lowest BCUT2D eigenvalue weighted by atomic mass is 10.1. The van der Waals surface area contributed by atoms with Crippen molar-refractivity contribution < 1.29 is 5.11 Å². The molecule has 1 aromatic carbocycles. The van der Waals surface area contributed by atoms with Gasteiger partial charge in [0, 0.05) is 10.0 Å². The van der Waals surface area contributed by atoms with Gasteiger partial charge >= 0.3 is 0 Å². The molecular formula is C10H8BrNO. The number of halogens is 1. The Bertz CT molecular complexity index is 379. The molecule has 66 valence electrons. The van der Waals surface area contributed by atoms with E-state index in [9.17, 15) is 5.11 Å². The molecular weight excluding hydrogens is 230 g/mol. The highest BCUT2D eigenvalue weighted by Gasteiger charge is 2.08. The van der Waals surface area contributed by atoms with Crippen LogP contribution in [-0.4, -0.2) is 5.11 Å². The molecule has 0 aliphatic carbocycles. The van der Waals surface area contributed by atoms with Gasteiger partial charge in [0.25, 0.3) is 0 Å². The van der Waals surface area contributed by atoms with Gasteiger partial charge in [0.2, 0.25) is 0 Å². The Morgan fingerprint density at radius 3 is 2.85 bits per heavy atom. The first-order chi connectivity index (χ1) is 6.20. The molecule has 0 amide bonds. The highest BCUT2D eigenvalue weighted by Crippen LogP contribution is 2.29. The fourth-order valence-corrected chi connectivity index (χ4v) is 1.62. The average molecular weight is 238 g/mol. The maximum Gasteiger partial charge on any atom is 0.120 e. The molecule has 0 radical (unpaired) electrons. The molecule has 2 nitrogen and oxygen atoms in total. The second-order valence-corrected chi connectivity index (χ2v) is 3.32. The molecule has 0 heterocycles. The molecule has 1 aromatic rings. The summed E-state index contributed by atoms with van der Waals surface area (Å²) < 4.78 is 0.648. The maximum absolute atomic E-state index is 9.46. The Morgan fingerprint density at radius 1 is 1.62 bits per heavy atom. The van der Waals surface area contributed by atoms with Crippen LogP contribution in [0.2, 0.25) is 0 Å². The number of phenols is 1. The highest BCUT2D eigenvalue weighted by molar-refractivity contribution is 9.10. The van der Waals surface area contributed by atoms with E-state index in [0.717, 1.165) is 0 Å². The van der Waals surface area contributed by atoms with Crippen LogP contribution in [0.3, 0.4) is 0 Å². The second kappa shape index (κ2) is 4.11. The van der Waals surface area contributed by atoms with Crippen molar-refractivity contribution in [3.05, 3.63) is 40.4 Å². The van der Waals surface area contributed by atoms with Crippen molar-refractivity contribution in [2.75, 3.05) is 0 Å². The van der Waals surface area contributed by atoms with Crippen molar-refractivity contribution in [3.8, 4) is 11.8 Å². The molecule has 0 aliphatic heterocycles. The van der Waals surface area contributed by atoms with Crippen LogP contribution in [0.25, 0.3) is 0 Å². The van der Waals surface area contributed by atoms with Crippen molar-refractivity contribution in [2.24, 2.45) is 0 Å². The number of hydrogen-bond acceptors (Lipinski definition) is 2. The normalized spacial score (nSPS) is 9.23. The third kappa shape index (κ3) is 1.90. The summed E-state index contributed by atoms with van der Waals surface area (Å²) in [5, 5.41) is 18.2. The van der Waals surface area contributed by atoms with Crippen LogP contribution in [-0.2, 0) is 6.42 Å². The lowest BCUT2D eigenvalue weighted by Crippen LogP contribution is -1.88. The molecule has 0 unspecified atom stereocenters. The lowest BCUT2D eigenvalue weighted by Gasteiger charge is -2.05. The Kier molecular flexibility index (Phi) is 3.10. The zero-order chi connectivity index (χ0) is 9.84. The molecule has 1 rings (SSSR count). The van der Waals surface area contributed by atoms with E-state index in [1.807, 2.05) is 6.07 Å². The predicted octanol–water partition coefficient (Wildman–Crippen LogP) is 2.75. The van der Waals surface area contributed by atoms with Crippen LogP contribution in [0, 0.1) is 11.3 Å². The molecule has 13 heavy (non-hydrogen) atoms. The number of hydrogen-bond donors (Lipinski definition) is 1. The van der Waals surface area contributed by atoms with Gasteiger partial charge in [0.05, 0.1) is 5.56 Å². The van der Waals surface area contributed by atoms with E-state index >= 15 is 0 Å². The number of allylic oxidation sites excluding steroid dienone is 1. The van der Waals surface area contributed by atoms with Crippen molar-refractivity contribution in [1.29, 1.82) is 5.26 Å². The molecule has 0 aliphatic rings. The Labute approximate surface area is 85.3 Å². The molecule has 0 bridgehead atoms. The lowest BCUT2D eigenvalue weighted by molar-refractivity contribution is 0.469. The number of benzene rings is 1. The Balaban J connectivity index is 3.31. The van der Waals surface area contributed by atoms with Crippen LogP contribution >= 0.6 is 15.9 Å². The number of nitriles is 1. The summed E-state index contributed by atoms with van der Waals surface area (Å²) in [5.41, 5.74) is 1.23. The average Bonchev–Trinajstić information content (AvgIpc) is 2.12. The van der Waals surface area contributed by atoms with E-state index < -0.39 is 0 Å². The van der Waals surface area contributed by atoms with Gasteiger partial charge in [0.15, 0.2) is 0 Å². The summed E-state index contributed by atoms with van der Waals surface area (Å²) in [6, 6.07) is 5.12. The third-order valence-corrected chi connectivity index (χ3v) is 2.59. The van der Waals surface area contributed by atoms with Gasteiger partial charge in [-0.1, -0.05) is 6.08 Å². The van der Waals surface area contributed by atoms with Gasteiger partial charge in [-0.3, -0.25) is 0 Å². The number of rotatable bonds is 2. The molecule has 0 spiro atoms. The zero-order valence-corrected chi connectivity index (χ0v) is 8.50. The van der Waals surface area contributed by atoms with Gasteiger partial charge in [0.1, 0.15) is 11.8 Å². The minimum atomic E-state index is 0.186. The Morgan fingerprint density at radius 2 is 2.31 bits per heavy atom. The van der Waals surface area contributed by atoms with Gasteiger partial charge < -0.3 is 5.11 Å². The monoisotopic (exact) mass is 237 g/mol. The minimum absolute atomic E-state index is 0.186. The number of phenolic OH excluding ortho intramolecular Hbond substituents is 1. The van der Waals surface area contributed by atoms with Crippen molar-refractivity contribution in [2.45, 2.75) is 6.42 Å². The SMILES string of the molecule is C=CCc1c(O)ccc(C#N)c1Br. The molecule has 0 saturated carbocycles. The molecule has 3 heteroatoms. The first-order valence-corrected chi connectivity index (χ1v) is 4.51. The van der Waals surface area contributed by atoms with Crippen LogP contribution < -0.4 is 0 Å². The molecule has 0 saturated heterocycles. The minimum Gasteiger partial charge on any atom is -0.508 e. The van der Waals surface area contributed by atoms with E-state index in [1.165, 1.54) is 6.07 Å². The van der Waals surface area contributed by atoms with Gasteiger partial charge in [-0.25, -0.2) is 0 Å². The van der Waals surface area contributed by atoms with Crippen molar-refractivity contribution in [1.82, 2.24) is 0 Å². The van der Waals surface area contributed by atoms with Crippen molar-refractivity contribution in [3.63, 3.8) is 0 Å². The van der Waals surface area contributed by atoms with Crippen LogP contribution in [0.5, 0.6) is 5.75 Å². The first kappa shape index (κ1) is 9.82. The molecule has 0 fully saturated rings. The summed E-state index contributed by atoms with van der Waals surface area (Å²) in [5.74, 6) is 0.186. The van der Waals surface area contributed by atoms with E-state index in [4.69, 9.17) is 5.26 Å². The molecule has 0 atom stereocenters. The zero-order valence-electron chi connectivity index (χ0n) is 6.92. The fourth-order valence-electron chi connectivity index (χ4n) is 1.04. The van der Waals surface area contributed by atoms with Gasteiger partial charge in [-0.2, -0.15) is 5.26 Å². The summed E-state index contributed by atoms with van der Waals surface area (Å²) in [6.45, 7) is 3.58. The maximum atomic E-state index is 9.46. The third-order valence-electron chi connectivity index (χ3n) is 1.69. The van der Waals surface area contributed by atoms with Gasteiger partial charge in [-0.15, -0.1) is 6.58 Å². The van der Waals surface area contributed by atoms with E-state index in [-0.39, 0.29) is 5.75 Å². The number of nitrogens with zero attached hydrogens (tertiary/aromatic N) is 1. The standard InChI is InChI=1S/C10H8BrNO/c1-2-3-8-9(13)5-4-7(6-12)10(8)11/h2,4-5,13H,1,3H2. The summed E-state index contributed by atoms with van der Waals surface area (Å²) >= 11 is 3.26. The highest BCUT2D eigenvalue weighted by atomic mass is 79.9. The largest absolute Gasteiger partial charge is 0.508 e. The Hall–Kier alpha value is -1.27. The van der Waals surface area contributed by atoms with E-state index in [0.29, 0.717) is 22.0 Å². The fraction of sp³-hybridized carbons (Fsp3) is 0.100. The van der Waals surface area contributed by atoms with E-state index in [2.05, 4.69) is 22.5 Å². The topological polar surface area (TPSA) is 44.0 Å². The summed E-state index contributed by atoms with van der Waals surface area (Å²) in [4.78, 5) is 0. The summed E-state index contributed by atoms with van der Waals surface area (Å²) in [7, 11) is 0. The quantitative estimate of drug-likeness (QED) is 0.805. The smallest absolute Gasteiger partial charge is 0.120 e. The number of aromatic hydroxyl groups is 1. The van der Waals surface area contributed by atoms with E-state index in [1.54, 1.807) is 12.1 Å². The first-order valence-electron chi connectivity index (χ1n) is 3.72. The molecule has 1 N–H and O–H groups in total. The second-order valence-electron chi connectivity index (χ2n) is 2.53. The van der Waals surface area contributed by atoms with Crippen LogP contribution in [0.15, 0.2) is 29.3 Å². The van der Waals surface area contributed by atoms with Crippen LogP contribution in [0.4, 0.5) is 0 Å².